The van der Waals surface area contributed by atoms with E-state index >= 15 is 0 Å². The second-order valence-electron chi connectivity index (χ2n) is 5.56. The van der Waals surface area contributed by atoms with E-state index in [1.165, 1.54) is 17.8 Å². The van der Waals surface area contributed by atoms with Crippen LogP contribution < -0.4 is 15.6 Å². The molecule has 6 nitrogen and oxygen atoms in total. The number of amides is 1. The number of aromatic nitrogens is 2. The molecule has 1 aliphatic heterocycles. The zero-order chi connectivity index (χ0) is 17.1. The van der Waals surface area contributed by atoms with Gasteiger partial charge in [-0.25, -0.2) is 4.98 Å². The summed E-state index contributed by atoms with van der Waals surface area (Å²) in [6.07, 6.45) is 0.248. The van der Waals surface area contributed by atoms with Gasteiger partial charge in [0.25, 0.3) is 5.56 Å². The van der Waals surface area contributed by atoms with Crippen LogP contribution in [0.5, 0.6) is 5.75 Å². The van der Waals surface area contributed by atoms with Crippen LogP contribution in [0.1, 0.15) is 25.1 Å². The third kappa shape index (κ3) is 3.62. The Hall–Kier alpha value is -2.28. The third-order valence-corrected chi connectivity index (χ3v) is 4.79. The number of nitrogens with one attached hydrogen (secondary N) is 1. The van der Waals surface area contributed by atoms with Gasteiger partial charge >= 0.3 is 0 Å². The van der Waals surface area contributed by atoms with Crippen molar-refractivity contribution < 1.29 is 9.53 Å². The van der Waals surface area contributed by atoms with Gasteiger partial charge in [-0.15, -0.1) is 0 Å². The molecule has 1 unspecified atom stereocenters. The van der Waals surface area contributed by atoms with Crippen LogP contribution in [0.15, 0.2) is 40.3 Å². The molecular formula is C17H19N3O3S. The van der Waals surface area contributed by atoms with Gasteiger partial charge in [0.05, 0.1) is 12.6 Å². The number of fused-ring (bicyclic) bond motifs is 1. The van der Waals surface area contributed by atoms with E-state index in [0.29, 0.717) is 28.9 Å². The van der Waals surface area contributed by atoms with Crippen molar-refractivity contribution in [3.63, 3.8) is 0 Å². The molecule has 3 rings (SSSR count). The Balaban J connectivity index is 1.66. The Morgan fingerprint density at radius 1 is 1.42 bits per heavy atom. The number of rotatable bonds is 5. The molecule has 1 aromatic heterocycles. The Kier molecular flexibility index (Phi) is 4.89. The number of nitrogens with zero attached hydrogens (tertiary/aromatic N) is 2. The summed E-state index contributed by atoms with van der Waals surface area (Å²) in [5.74, 6) is 1.33. The highest BCUT2D eigenvalue weighted by Gasteiger charge is 2.27. The monoisotopic (exact) mass is 345 g/mol. The van der Waals surface area contributed by atoms with E-state index in [-0.39, 0.29) is 23.9 Å². The number of carbonyl (C=O) groups excluding carboxylic acids is 1. The topological polar surface area (TPSA) is 73.2 Å². The molecule has 1 atom stereocenters. The number of carbonyl (C=O) groups is 1. The molecule has 1 N–H and O–H groups in total. The van der Waals surface area contributed by atoms with Gasteiger partial charge in [-0.2, -0.15) is 0 Å². The summed E-state index contributed by atoms with van der Waals surface area (Å²) in [5.41, 5.74) is 1.32. The highest BCUT2D eigenvalue weighted by molar-refractivity contribution is 7.99. The average Bonchev–Trinajstić information content (AvgIpc) is 2.92. The molecule has 0 radical (unpaired) electrons. The third-order valence-electron chi connectivity index (χ3n) is 3.69. The quantitative estimate of drug-likeness (QED) is 0.843. The van der Waals surface area contributed by atoms with Gasteiger partial charge in [-0.3, -0.25) is 14.2 Å². The Bertz CT molecular complexity index is 802. The fourth-order valence-corrected chi connectivity index (χ4v) is 3.84. The van der Waals surface area contributed by atoms with Gasteiger partial charge in [0.2, 0.25) is 5.91 Å². The maximum atomic E-state index is 12.3. The molecule has 24 heavy (non-hydrogen) atoms. The van der Waals surface area contributed by atoms with E-state index in [0.717, 1.165) is 5.75 Å². The number of thioether (sulfide) groups is 1. The summed E-state index contributed by atoms with van der Waals surface area (Å²) < 4.78 is 7.00. The van der Waals surface area contributed by atoms with Gasteiger partial charge in [0.1, 0.15) is 5.75 Å². The largest absolute Gasteiger partial charge is 0.494 e. The first kappa shape index (κ1) is 16.6. The molecule has 2 aromatic rings. The van der Waals surface area contributed by atoms with Crippen molar-refractivity contribution in [3.8, 4) is 5.75 Å². The van der Waals surface area contributed by atoms with Crippen molar-refractivity contribution in [2.75, 3.05) is 17.7 Å². The van der Waals surface area contributed by atoms with Crippen molar-refractivity contribution in [3.05, 3.63) is 46.4 Å². The lowest BCUT2D eigenvalue weighted by Crippen LogP contribution is -2.27. The van der Waals surface area contributed by atoms with Gasteiger partial charge in [-0.1, -0.05) is 11.8 Å². The molecule has 2 heterocycles. The number of benzene rings is 1. The van der Waals surface area contributed by atoms with Gasteiger partial charge < -0.3 is 10.1 Å². The highest BCUT2D eigenvalue weighted by atomic mass is 32.2. The van der Waals surface area contributed by atoms with Crippen LogP contribution >= 0.6 is 11.8 Å². The van der Waals surface area contributed by atoms with E-state index in [4.69, 9.17) is 4.74 Å². The summed E-state index contributed by atoms with van der Waals surface area (Å²) in [5, 5.41) is 3.55. The molecule has 0 spiro atoms. The second kappa shape index (κ2) is 7.09. The van der Waals surface area contributed by atoms with E-state index in [1.54, 1.807) is 23.6 Å². The first-order valence-corrected chi connectivity index (χ1v) is 8.81. The van der Waals surface area contributed by atoms with E-state index < -0.39 is 0 Å². The normalized spacial score (nSPS) is 15.8. The number of hydrogen-bond donors (Lipinski definition) is 1. The second-order valence-corrected chi connectivity index (χ2v) is 6.55. The molecule has 126 valence electrons. The molecule has 1 aliphatic rings. The first-order valence-electron chi connectivity index (χ1n) is 7.82. The molecule has 0 aliphatic carbocycles. The van der Waals surface area contributed by atoms with Gasteiger partial charge in [-0.05, 0) is 38.1 Å². The van der Waals surface area contributed by atoms with E-state index in [9.17, 15) is 9.59 Å². The zero-order valence-electron chi connectivity index (χ0n) is 13.6. The number of aryl methyl sites for hydroxylation is 1. The lowest BCUT2D eigenvalue weighted by molar-refractivity contribution is -0.116. The SMILES string of the molecule is CCOc1ccc(NC(=O)CC2CSc3nc(C)cc(=O)n32)cc1. The predicted molar refractivity (Wildman–Crippen MR) is 93.9 cm³/mol. The summed E-state index contributed by atoms with van der Waals surface area (Å²) in [7, 11) is 0. The molecule has 0 bridgehead atoms. The Morgan fingerprint density at radius 3 is 2.88 bits per heavy atom. The van der Waals surface area contributed by atoms with Crippen LogP contribution in [0.4, 0.5) is 5.69 Å². The molecule has 0 saturated heterocycles. The van der Waals surface area contributed by atoms with Gasteiger partial charge in [0.15, 0.2) is 5.16 Å². The summed E-state index contributed by atoms with van der Waals surface area (Å²) in [4.78, 5) is 28.8. The maximum Gasteiger partial charge on any atom is 0.254 e. The van der Waals surface area contributed by atoms with Crippen LogP contribution in [0, 0.1) is 6.92 Å². The number of ether oxygens (including phenoxy) is 1. The fourth-order valence-electron chi connectivity index (χ4n) is 2.64. The van der Waals surface area contributed by atoms with Crippen LogP contribution in [0.3, 0.4) is 0 Å². The summed E-state index contributed by atoms with van der Waals surface area (Å²) in [6, 6.07) is 8.59. The summed E-state index contributed by atoms with van der Waals surface area (Å²) in [6.45, 7) is 4.33. The lowest BCUT2D eigenvalue weighted by atomic mass is 10.2. The number of anilines is 1. The molecule has 1 amide bonds. The smallest absolute Gasteiger partial charge is 0.254 e. The standard InChI is InChI=1S/C17H19N3O3S/c1-3-23-14-6-4-12(5-7-14)19-15(21)9-13-10-24-17-18-11(2)8-16(22)20(13)17/h4-8,13H,3,9-10H2,1-2H3,(H,19,21). The van der Waals surface area contributed by atoms with Crippen molar-refractivity contribution in [2.45, 2.75) is 31.5 Å². The maximum absolute atomic E-state index is 12.3. The van der Waals surface area contributed by atoms with Crippen molar-refractivity contribution in [1.29, 1.82) is 0 Å². The van der Waals surface area contributed by atoms with Crippen molar-refractivity contribution in [2.24, 2.45) is 0 Å². The van der Waals surface area contributed by atoms with Crippen LogP contribution in [-0.4, -0.2) is 27.8 Å². The highest BCUT2D eigenvalue weighted by Crippen LogP contribution is 2.32. The Morgan fingerprint density at radius 2 is 2.17 bits per heavy atom. The lowest BCUT2D eigenvalue weighted by Gasteiger charge is -2.13. The van der Waals surface area contributed by atoms with Crippen molar-refractivity contribution in [1.82, 2.24) is 9.55 Å². The predicted octanol–water partition coefficient (Wildman–Crippen LogP) is 2.63. The van der Waals surface area contributed by atoms with E-state index in [2.05, 4.69) is 10.3 Å². The van der Waals surface area contributed by atoms with Crippen LogP contribution in [0.2, 0.25) is 0 Å². The summed E-state index contributed by atoms with van der Waals surface area (Å²) >= 11 is 1.52. The minimum Gasteiger partial charge on any atom is -0.494 e. The minimum atomic E-state index is -0.159. The molecule has 1 aromatic carbocycles. The van der Waals surface area contributed by atoms with Crippen LogP contribution in [-0.2, 0) is 4.79 Å². The number of hydrogen-bond acceptors (Lipinski definition) is 5. The molecule has 0 fully saturated rings. The minimum absolute atomic E-state index is 0.0960. The van der Waals surface area contributed by atoms with Crippen molar-refractivity contribution >= 4 is 23.4 Å². The Labute approximate surface area is 144 Å². The molecule has 7 heteroatoms. The van der Waals surface area contributed by atoms with Crippen LogP contribution in [0.25, 0.3) is 0 Å². The first-order chi connectivity index (χ1) is 11.6. The average molecular weight is 345 g/mol. The van der Waals surface area contributed by atoms with Gasteiger partial charge in [0, 0.05) is 29.6 Å². The fraction of sp³-hybridized carbons (Fsp3) is 0.353. The molecular weight excluding hydrogens is 326 g/mol. The molecule has 0 saturated carbocycles. The zero-order valence-corrected chi connectivity index (χ0v) is 14.4. The van der Waals surface area contributed by atoms with E-state index in [1.807, 2.05) is 19.1 Å².